The summed E-state index contributed by atoms with van der Waals surface area (Å²) in [5, 5.41) is 7.67. The highest BCUT2D eigenvalue weighted by Crippen LogP contribution is 2.33. The van der Waals surface area contributed by atoms with Crippen LogP contribution < -0.4 is 5.32 Å². The number of benzene rings is 1. The van der Waals surface area contributed by atoms with Gasteiger partial charge in [-0.3, -0.25) is 4.79 Å². The number of rotatable bonds is 3. The number of nitrogens with zero attached hydrogens (tertiary/aromatic N) is 4. The van der Waals surface area contributed by atoms with Crippen LogP contribution in [0.2, 0.25) is 0 Å². The summed E-state index contributed by atoms with van der Waals surface area (Å²) in [7, 11) is 0. The summed E-state index contributed by atoms with van der Waals surface area (Å²) in [4.78, 5) is 19.8. The first kappa shape index (κ1) is 21.4. The number of hydrogen-bond acceptors (Lipinski definition) is 4. The Bertz CT molecular complexity index is 971. The number of aromatic nitrogens is 3. The van der Waals surface area contributed by atoms with Crippen LogP contribution in [-0.4, -0.2) is 50.7 Å². The lowest BCUT2D eigenvalue weighted by Crippen LogP contribution is -2.56. The molecule has 172 valence electrons. The Balaban J connectivity index is 1.31. The molecule has 6 nitrogen and oxygen atoms in total. The van der Waals surface area contributed by atoms with Gasteiger partial charge in [-0.05, 0) is 43.7 Å². The first-order chi connectivity index (χ1) is 15.3. The van der Waals surface area contributed by atoms with Crippen LogP contribution >= 0.6 is 0 Å². The van der Waals surface area contributed by atoms with E-state index in [9.17, 15) is 18.0 Å². The number of hydrogen-bond donors (Lipinski definition) is 1. The molecule has 1 spiro atoms. The van der Waals surface area contributed by atoms with Gasteiger partial charge in [0.05, 0.1) is 5.56 Å². The van der Waals surface area contributed by atoms with Gasteiger partial charge in [-0.15, -0.1) is 0 Å². The minimum Gasteiger partial charge on any atom is -0.349 e. The number of carbonyl (C=O) groups excluding carboxylic acids is 1. The third kappa shape index (κ3) is 4.40. The van der Waals surface area contributed by atoms with Crippen molar-refractivity contribution in [3.63, 3.8) is 0 Å². The summed E-state index contributed by atoms with van der Waals surface area (Å²) in [6.45, 7) is 3.14. The first-order valence-electron chi connectivity index (χ1n) is 11.4. The van der Waals surface area contributed by atoms with E-state index in [-0.39, 0.29) is 18.0 Å². The third-order valence-corrected chi connectivity index (χ3v) is 7.22. The molecule has 1 aromatic heterocycles. The molecule has 2 aliphatic heterocycles. The number of piperidine rings is 1. The van der Waals surface area contributed by atoms with Crippen LogP contribution in [0, 0.1) is 5.92 Å². The molecule has 0 unspecified atom stereocenters. The molecular formula is C23H28F3N5O. The van der Waals surface area contributed by atoms with Gasteiger partial charge < -0.3 is 10.2 Å². The highest BCUT2D eigenvalue weighted by atomic mass is 19.4. The fourth-order valence-corrected chi connectivity index (χ4v) is 5.40. The second-order valence-corrected chi connectivity index (χ2v) is 9.54. The second-order valence-electron chi connectivity index (χ2n) is 9.54. The molecule has 2 fully saturated rings. The first-order valence-corrected chi connectivity index (χ1v) is 11.4. The summed E-state index contributed by atoms with van der Waals surface area (Å²) in [6.07, 6.45) is 3.28. The van der Waals surface area contributed by atoms with Gasteiger partial charge in [0.1, 0.15) is 12.4 Å². The van der Waals surface area contributed by atoms with Gasteiger partial charge in [-0.1, -0.05) is 25.0 Å². The molecule has 32 heavy (non-hydrogen) atoms. The molecule has 5 rings (SSSR count). The van der Waals surface area contributed by atoms with Gasteiger partial charge in [0.15, 0.2) is 5.82 Å². The molecule has 1 amide bonds. The van der Waals surface area contributed by atoms with Gasteiger partial charge in [-0.2, -0.15) is 18.3 Å². The fourth-order valence-electron chi connectivity index (χ4n) is 5.40. The molecule has 1 aromatic carbocycles. The van der Waals surface area contributed by atoms with Crippen LogP contribution in [-0.2, 0) is 23.9 Å². The van der Waals surface area contributed by atoms with Crippen molar-refractivity contribution in [2.75, 3.05) is 19.6 Å². The predicted octanol–water partition coefficient (Wildman–Crippen LogP) is 3.66. The lowest BCUT2D eigenvalue weighted by atomic mass is 9.83. The van der Waals surface area contributed by atoms with Crippen molar-refractivity contribution >= 4 is 5.91 Å². The van der Waals surface area contributed by atoms with Crippen molar-refractivity contribution in [3.8, 4) is 11.4 Å². The fraction of sp³-hybridized carbons (Fsp3) is 0.609. The van der Waals surface area contributed by atoms with Crippen molar-refractivity contribution in [2.24, 2.45) is 5.92 Å². The smallest absolute Gasteiger partial charge is 0.349 e. The second kappa shape index (κ2) is 8.17. The van der Waals surface area contributed by atoms with E-state index in [1.807, 2.05) is 0 Å². The topological polar surface area (TPSA) is 63.1 Å². The van der Waals surface area contributed by atoms with Crippen molar-refractivity contribution in [3.05, 3.63) is 35.7 Å². The maximum absolute atomic E-state index is 12.9. The molecule has 1 aliphatic carbocycles. The maximum Gasteiger partial charge on any atom is 0.416 e. The zero-order valence-corrected chi connectivity index (χ0v) is 18.0. The van der Waals surface area contributed by atoms with Crippen LogP contribution in [0.25, 0.3) is 11.4 Å². The Morgan fingerprint density at radius 1 is 1.09 bits per heavy atom. The number of halogens is 3. The van der Waals surface area contributed by atoms with Gasteiger partial charge in [0.25, 0.3) is 0 Å². The van der Waals surface area contributed by atoms with E-state index in [1.165, 1.54) is 37.8 Å². The molecular weight excluding hydrogens is 419 g/mol. The number of carbonyl (C=O) groups is 1. The average Bonchev–Trinajstić information content (AvgIpc) is 3.37. The molecule has 3 aliphatic rings. The van der Waals surface area contributed by atoms with Crippen molar-refractivity contribution in [2.45, 2.75) is 63.2 Å². The minimum atomic E-state index is -4.38. The van der Waals surface area contributed by atoms with Crippen molar-refractivity contribution < 1.29 is 18.0 Å². The molecule has 3 heterocycles. The monoisotopic (exact) mass is 447 g/mol. The molecule has 0 atom stereocenters. The average molecular weight is 448 g/mol. The highest BCUT2D eigenvalue weighted by molar-refractivity contribution is 5.77. The summed E-state index contributed by atoms with van der Waals surface area (Å²) >= 11 is 0. The van der Waals surface area contributed by atoms with E-state index in [0.29, 0.717) is 23.6 Å². The normalized spacial score (nSPS) is 22.0. The molecule has 1 saturated heterocycles. The highest BCUT2D eigenvalue weighted by Gasteiger charge is 2.40. The van der Waals surface area contributed by atoms with Gasteiger partial charge in [0.2, 0.25) is 5.91 Å². The van der Waals surface area contributed by atoms with Gasteiger partial charge in [0, 0.05) is 37.2 Å². The largest absolute Gasteiger partial charge is 0.416 e. The number of likely N-dealkylation sites (tertiary alicyclic amines) is 1. The molecule has 0 bridgehead atoms. The van der Waals surface area contributed by atoms with Crippen molar-refractivity contribution in [1.82, 2.24) is 25.0 Å². The number of amides is 1. The Kier molecular flexibility index (Phi) is 5.47. The Morgan fingerprint density at radius 2 is 1.78 bits per heavy atom. The van der Waals surface area contributed by atoms with E-state index in [1.54, 1.807) is 4.68 Å². The molecule has 2 aromatic rings. The number of nitrogens with one attached hydrogen (secondary N) is 1. The predicted molar refractivity (Wildman–Crippen MR) is 113 cm³/mol. The van der Waals surface area contributed by atoms with Crippen LogP contribution in [0.15, 0.2) is 24.3 Å². The van der Waals surface area contributed by atoms with Crippen LogP contribution in [0.4, 0.5) is 13.2 Å². The Labute approximate surface area is 185 Å². The van der Waals surface area contributed by atoms with Crippen LogP contribution in [0.1, 0.15) is 49.9 Å². The van der Waals surface area contributed by atoms with Crippen LogP contribution in [0.3, 0.4) is 0 Å². The zero-order valence-electron chi connectivity index (χ0n) is 18.0. The lowest BCUT2D eigenvalue weighted by Gasteiger charge is -2.42. The maximum atomic E-state index is 12.9. The summed E-state index contributed by atoms with van der Waals surface area (Å²) in [6, 6.07) is 4.84. The summed E-state index contributed by atoms with van der Waals surface area (Å²) in [5.74, 6) is 1.79. The lowest BCUT2D eigenvalue weighted by molar-refractivity contribution is -0.137. The molecule has 0 radical (unpaired) electrons. The summed E-state index contributed by atoms with van der Waals surface area (Å²) in [5.41, 5.74) is -0.522. The molecule has 1 N–H and O–H groups in total. The minimum absolute atomic E-state index is 0.0799. The Hall–Kier alpha value is -2.42. The van der Waals surface area contributed by atoms with Gasteiger partial charge >= 0.3 is 6.18 Å². The van der Waals surface area contributed by atoms with Crippen LogP contribution in [0.5, 0.6) is 0 Å². The quantitative estimate of drug-likeness (QED) is 0.780. The van der Waals surface area contributed by atoms with Gasteiger partial charge in [-0.25, -0.2) is 9.67 Å². The van der Waals surface area contributed by atoms with E-state index in [4.69, 9.17) is 0 Å². The van der Waals surface area contributed by atoms with E-state index in [2.05, 4.69) is 20.3 Å². The molecule has 9 heteroatoms. The van der Waals surface area contributed by atoms with E-state index in [0.717, 1.165) is 50.5 Å². The van der Waals surface area contributed by atoms with E-state index < -0.39 is 11.7 Å². The third-order valence-electron chi connectivity index (χ3n) is 7.22. The molecule has 1 saturated carbocycles. The number of fused-ring (bicyclic) bond motifs is 1. The SMILES string of the molecule is O=C1Cn2nc(-c3ccc(C(F)(F)F)cc3)nc2CC2(CCN(CC3CCCC3)CC2)N1. The van der Waals surface area contributed by atoms with E-state index >= 15 is 0 Å². The van der Waals surface area contributed by atoms with Crippen molar-refractivity contribution in [1.29, 1.82) is 0 Å². The summed E-state index contributed by atoms with van der Waals surface area (Å²) < 4.78 is 40.2. The standard InChI is InChI=1S/C23H28F3N5O/c24-23(25,26)18-7-5-17(6-8-18)21-27-19-13-22(28-20(32)15-31(19)29-21)9-11-30(12-10-22)14-16-3-1-2-4-16/h5-8,16H,1-4,9-15H2,(H,28,32). The Morgan fingerprint density at radius 3 is 2.44 bits per heavy atom. The number of alkyl halides is 3. The zero-order chi connectivity index (χ0) is 22.3.